The number of hydrogen-bond donors (Lipinski definition) is 2. The smallest absolute Gasteiger partial charge is 0.329 e. The molecule has 0 radical (unpaired) electrons. The van der Waals surface area contributed by atoms with Crippen LogP contribution in [0, 0.1) is 5.92 Å². The highest BCUT2D eigenvalue weighted by Gasteiger charge is 2.48. The van der Waals surface area contributed by atoms with Gasteiger partial charge in [-0.25, -0.2) is 4.79 Å². The zero-order valence-corrected chi connectivity index (χ0v) is 12.0. The number of benzene rings is 1. The SMILES string of the molecule is CCC1CCCC1(Nc1cccc(Br)c1)C(=O)O. The predicted molar refractivity (Wildman–Crippen MR) is 75.8 cm³/mol. The van der Waals surface area contributed by atoms with Crippen LogP contribution in [0.3, 0.4) is 0 Å². The van der Waals surface area contributed by atoms with E-state index in [-0.39, 0.29) is 5.92 Å². The van der Waals surface area contributed by atoms with Gasteiger partial charge in [0.1, 0.15) is 5.54 Å². The zero-order chi connectivity index (χ0) is 13.2. The molecule has 2 N–H and O–H groups in total. The fourth-order valence-corrected chi connectivity index (χ4v) is 3.35. The topological polar surface area (TPSA) is 49.3 Å². The van der Waals surface area contributed by atoms with Crippen LogP contribution >= 0.6 is 15.9 Å². The molecular formula is C14H18BrNO2. The predicted octanol–water partition coefficient (Wildman–Crippen LogP) is 3.89. The first-order chi connectivity index (χ1) is 8.58. The summed E-state index contributed by atoms with van der Waals surface area (Å²) in [6, 6.07) is 7.69. The number of carbonyl (C=O) groups is 1. The van der Waals surface area contributed by atoms with Gasteiger partial charge in [0.15, 0.2) is 0 Å². The van der Waals surface area contributed by atoms with E-state index >= 15 is 0 Å². The lowest BCUT2D eigenvalue weighted by Gasteiger charge is -2.33. The van der Waals surface area contributed by atoms with Gasteiger partial charge in [0.2, 0.25) is 0 Å². The summed E-state index contributed by atoms with van der Waals surface area (Å²) in [4.78, 5) is 11.7. The minimum absolute atomic E-state index is 0.203. The molecule has 1 aromatic rings. The quantitative estimate of drug-likeness (QED) is 0.886. The zero-order valence-electron chi connectivity index (χ0n) is 10.4. The van der Waals surface area contributed by atoms with Crippen LogP contribution in [0.4, 0.5) is 5.69 Å². The third-order valence-electron chi connectivity index (χ3n) is 3.89. The highest BCUT2D eigenvalue weighted by atomic mass is 79.9. The molecule has 0 amide bonds. The first-order valence-corrected chi connectivity index (χ1v) is 7.15. The molecule has 4 heteroatoms. The molecule has 0 aromatic heterocycles. The van der Waals surface area contributed by atoms with E-state index in [1.54, 1.807) is 0 Å². The van der Waals surface area contributed by atoms with Crippen molar-refractivity contribution in [2.24, 2.45) is 5.92 Å². The van der Waals surface area contributed by atoms with Crippen LogP contribution in [0.15, 0.2) is 28.7 Å². The van der Waals surface area contributed by atoms with E-state index in [2.05, 4.69) is 28.2 Å². The number of carboxylic acids is 1. The van der Waals surface area contributed by atoms with Crippen molar-refractivity contribution >= 4 is 27.6 Å². The Bertz CT molecular complexity index is 449. The van der Waals surface area contributed by atoms with Crippen molar-refractivity contribution in [2.75, 3.05) is 5.32 Å². The van der Waals surface area contributed by atoms with Gasteiger partial charge in [0.25, 0.3) is 0 Å². The number of carboxylic acid groups (broad SMARTS) is 1. The summed E-state index contributed by atoms with van der Waals surface area (Å²) in [5, 5.41) is 12.9. The van der Waals surface area contributed by atoms with Crippen molar-refractivity contribution in [3.05, 3.63) is 28.7 Å². The van der Waals surface area contributed by atoms with Crippen LogP contribution in [0.2, 0.25) is 0 Å². The molecule has 2 atom stereocenters. The molecule has 0 bridgehead atoms. The second-order valence-electron chi connectivity index (χ2n) is 4.91. The third-order valence-corrected chi connectivity index (χ3v) is 4.38. The number of nitrogens with one attached hydrogen (secondary N) is 1. The molecule has 0 heterocycles. The van der Waals surface area contributed by atoms with Crippen molar-refractivity contribution < 1.29 is 9.90 Å². The van der Waals surface area contributed by atoms with Crippen molar-refractivity contribution in [2.45, 2.75) is 38.1 Å². The van der Waals surface area contributed by atoms with E-state index in [1.165, 1.54) is 0 Å². The molecule has 98 valence electrons. The molecule has 18 heavy (non-hydrogen) atoms. The maximum absolute atomic E-state index is 11.7. The third kappa shape index (κ3) is 2.39. The Hall–Kier alpha value is -1.03. The van der Waals surface area contributed by atoms with Gasteiger partial charge in [0.05, 0.1) is 0 Å². The summed E-state index contributed by atoms with van der Waals surface area (Å²) in [6.45, 7) is 2.07. The Kier molecular flexibility index (Phi) is 3.95. The molecular weight excluding hydrogens is 294 g/mol. The maximum atomic E-state index is 11.7. The maximum Gasteiger partial charge on any atom is 0.329 e. The van der Waals surface area contributed by atoms with Crippen molar-refractivity contribution in [3.63, 3.8) is 0 Å². The molecule has 3 nitrogen and oxygen atoms in total. The number of anilines is 1. The normalized spacial score (nSPS) is 27.1. The van der Waals surface area contributed by atoms with Gasteiger partial charge in [0, 0.05) is 10.2 Å². The van der Waals surface area contributed by atoms with Crippen molar-refractivity contribution in [1.82, 2.24) is 0 Å². The van der Waals surface area contributed by atoms with Gasteiger partial charge in [-0.05, 0) is 37.0 Å². The molecule has 1 aliphatic carbocycles. The lowest BCUT2D eigenvalue weighted by Crippen LogP contribution is -2.49. The van der Waals surface area contributed by atoms with Crippen LogP contribution in [-0.2, 0) is 4.79 Å². The van der Waals surface area contributed by atoms with Crippen LogP contribution < -0.4 is 5.32 Å². The van der Waals surface area contributed by atoms with Crippen LogP contribution in [0.1, 0.15) is 32.6 Å². The number of halogens is 1. The van der Waals surface area contributed by atoms with E-state index in [4.69, 9.17) is 0 Å². The first kappa shape index (κ1) is 13.4. The molecule has 0 saturated heterocycles. The number of aliphatic carboxylic acids is 1. The fraction of sp³-hybridized carbons (Fsp3) is 0.500. The molecule has 1 aliphatic rings. The summed E-state index contributed by atoms with van der Waals surface area (Å²) in [5.41, 5.74) is 0.0716. The summed E-state index contributed by atoms with van der Waals surface area (Å²) in [5.74, 6) is -0.527. The summed E-state index contributed by atoms with van der Waals surface area (Å²) in [6.07, 6.45) is 3.57. The monoisotopic (exact) mass is 311 g/mol. The van der Waals surface area contributed by atoms with E-state index < -0.39 is 11.5 Å². The Morgan fingerprint density at radius 2 is 2.39 bits per heavy atom. The highest BCUT2D eigenvalue weighted by Crippen LogP contribution is 2.40. The molecule has 1 fully saturated rings. The van der Waals surface area contributed by atoms with Gasteiger partial charge in [-0.3, -0.25) is 0 Å². The molecule has 1 saturated carbocycles. The highest BCUT2D eigenvalue weighted by molar-refractivity contribution is 9.10. The lowest BCUT2D eigenvalue weighted by atomic mass is 9.85. The summed E-state index contributed by atoms with van der Waals surface area (Å²) >= 11 is 3.41. The molecule has 1 aromatic carbocycles. The number of hydrogen-bond acceptors (Lipinski definition) is 2. The molecule has 0 aliphatic heterocycles. The average Bonchev–Trinajstić information content (AvgIpc) is 2.73. The van der Waals surface area contributed by atoms with Gasteiger partial charge in [-0.15, -0.1) is 0 Å². The summed E-state index contributed by atoms with van der Waals surface area (Å²) in [7, 11) is 0. The van der Waals surface area contributed by atoms with Gasteiger partial charge < -0.3 is 10.4 Å². The molecule has 2 unspecified atom stereocenters. The molecule has 2 rings (SSSR count). The van der Waals surface area contributed by atoms with Crippen LogP contribution in [-0.4, -0.2) is 16.6 Å². The average molecular weight is 312 g/mol. The van der Waals surface area contributed by atoms with Gasteiger partial charge >= 0.3 is 5.97 Å². The Labute approximate surface area is 116 Å². The van der Waals surface area contributed by atoms with Crippen LogP contribution in [0.5, 0.6) is 0 Å². The second kappa shape index (κ2) is 5.31. The van der Waals surface area contributed by atoms with E-state index in [0.717, 1.165) is 29.4 Å². The summed E-state index contributed by atoms with van der Waals surface area (Å²) < 4.78 is 0.957. The Balaban J connectivity index is 2.29. The van der Waals surface area contributed by atoms with Gasteiger partial charge in [-0.2, -0.15) is 0 Å². The van der Waals surface area contributed by atoms with Crippen LogP contribution in [0.25, 0.3) is 0 Å². The Morgan fingerprint density at radius 3 is 3.00 bits per heavy atom. The van der Waals surface area contributed by atoms with E-state index in [0.29, 0.717) is 6.42 Å². The minimum atomic E-state index is -0.796. The minimum Gasteiger partial charge on any atom is -0.479 e. The molecule has 0 spiro atoms. The van der Waals surface area contributed by atoms with E-state index in [1.807, 2.05) is 24.3 Å². The fourth-order valence-electron chi connectivity index (χ4n) is 2.95. The number of rotatable bonds is 4. The first-order valence-electron chi connectivity index (χ1n) is 6.35. The standard InChI is InChI=1S/C14H18BrNO2/c1-2-10-5-4-8-14(10,13(17)18)16-12-7-3-6-11(15)9-12/h3,6-7,9-10,16H,2,4-5,8H2,1H3,(H,17,18). The van der Waals surface area contributed by atoms with Crippen molar-refractivity contribution in [3.8, 4) is 0 Å². The van der Waals surface area contributed by atoms with Gasteiger partial charge in [-0.1, -0.05) is 41.8 Å². The van der Waals surface area contributed by atoms with Crippen molar-refractivity contribution in [1.29, 1.82) is 0 Å². The largest absolute Gasteiger partial charge is 0.479 e. The van der Waals surface area contributed by atoms with E-state index in [9.17, 15) is 9.90 Å². The lowest BCUT2D eigenvalue weighted by molar-refractivity contribution is -0.143. The Morgan fingerprint density at radius 1 is 1.61 bits per heavy atom. The second-order valence-corrected chi connectivity index (χ2v) is 5.82.